The summed E-state index contributed by atoms with van der Waals surface area (Å²) in [5.74, 6) is 1.75. The lowest BCUT2D eigenvalue weighted by Crippen LogP contribution is -2.24. The smallest absolute Gasteiger partial charge is 0.199 e. The van der Waals surface area contributed by atoms with Crippen molar-refractivity contribution in [2.24, 2.45) is 0 Å². The molecule has 4 nitrogen and oxygen atoms in total. The molecule has 2 heterocycles. The van der Waals surface area contributed by atoms with E-state index in [0.717, 1.165) is 63.2 Å². The van der Waals surface area contributed by atoms with E-state index in [4.69, 9.17) is 18.9 Å². The molecule has 0 aliphatic carbocycles. The average molecular weight is 437 g/mol. The summed E-state index contributed by atoms with van der Waals surface area (Å²) in [5, 5.41) is 0. The molecule has 2 aromatic carbocycles. The van der Waals surface area contributed by atoms with E-state index in [0.29, 0.717) is 0 Å². The number of hydrogen-bond acceptors (Lipinski definition) is 4. The second kappa shape index (κ2) is 11.5. The summed E-state index contributed by atoms with van der Waals surface area (Å²) < 4.78 is 23.4. The fourth-order valence-corrected chi connectivity index (χ4v) is 4.56. The molecule has 0 bridgehead atoms. The lowest BCUT2D eigenvalue weighted by Gasteiger charge is -2.24. The first-order valence-corrected chi connectivity index (χ1v) is 12.3. The highest BCUT2D eigenvalue weighted by molar-refractivity contribution is 5.90. The Morgan fingerprint density at radius 3 is 1.38 bits per heavy atom. The van der Waals surface area contributed by atoms with Crippen molar-refractivity contribution in [1.82, 2.24) is 0 Å². The minimum absolute atomic E-state index is 0.110. The van der Waals surface area contributed by atoms with Crippen molar-refractivity contribution in [3.05, 3.63) is 59.7 Å². The highest BCUT2D eigenvalue weighted by Gasteiger charge is 2.17. The third-order valence-electron chi connectivity index (χ3n) is 6.29. The molecule has 2 atom stereocenters. The molecule has 4 rings (SSSR count). The van der Waals surface area contributed by atoms with Gasteiger partial charge in [0.2, 0.25) is 0 Å². The van der Waals surface area contributed by atoms with Gasteiger partial charge in [-0.05, 0) is 85.1 Å². The predicted molar refractivity (Wildman–Crippen MR) is 129 cm³/mol. The Bertz CT molecular complexity index is 784. The molecule has 172 valence electrons. The average Bonchev–Trinajstić information content (AvgIpc) is 2.85. The van der Waals surface area contributed by atoms with E-state index in [1.54, 1.807) is 0 Å². The molecular formula is C28H36O4. The van der Waals surface area contributed by atoms with Crippen LogP contribution in [0, 0.1) is 0 Å². The molecule has 0 aromatic heterocycles. The SMILES string of the molecule is CC/C(=C(/CC)c1ccc(OC2CCCCO2)cc1)c1ccc(OC2CCCCO2)cc1. The maximum Gasteiger partial charge on any atom is 0.199 e. The summed E-state index contributed by atoms with van der Waals surface area (Å²) in [5.41, 5.74) is 5.24. The highest BCUT2D eigenvalue weighted by Crippen LogP contribution is 2.33. The molecule has 0 amide bonds. The Morgan fingerprint density at radius 1 is 0.656 bits per heavy atom. The maximum absolute atomic E-state index is 6.01. The van der Waals surface area contributed by atoms with Crippen LogP contribution in [-0.4, -0.2) is 25.8 Å². The van der Waals surface area contributed by atoms with Gasteiger partial charge in [-0.3, -0.25) is 0 Å². The Hall–Kier alpha value is -2.30. The monoisotopic (exact) mass is 436 g/mol. The standard InChI is InChI=1S/C28H36O4/c1-3-25(21-11-15-23(16-12-21)31-27-9-5-7-19-29-27)26(4-2)22-13-17-24(18-14-22)32-28-10-6-8-20-30-28/h11-18,27-28H,3-10,19-20H2,1-2H3/b26-25+. The van der Waals surface area contributed by atoms with Crippen LogP contribution in [0.3, 0.4) is 0 Å². The molecule has 2 aromatic rings. The third-order valence-corrected chi connectivity index (χ3v) is 6.29. The van der Waals surface area contributed by atoms with Gasteiger partial charge in [-0.15, -0.1) is 0 Å². The third kappa shape index (κ3) is 5.93. The van der Waals surface area contributed by atoms with Crippen molar-refractivity contribution in [3.63, 3.8) is 0 Å². The summed E-state index contributed by atoms with van der Waals surface area (Å²) in [4.78, 5) is 0. The lowest BCUT2D eigenvalue weighted by molar-refractivity contribution is -0.106. The van der Waals surface area contributed by atoms with Gasteiger partial charge >= 0.3 is 0 Å². The Kier molecular flexibility index (Phi) is 8.24. The van der Waals surface area contributed by atoms with E-state index < -0.39 is 0 Å². The van der Waals surface area contributed by atoms with Crippen molar-refractivity contribution in [1.29, 1.82) is 0 Å². The van der Waals surface area contributed by atoms with Crippen molar-refractivity contribution >= 4 is 11.1 Å². The van der Waals surface area contributed by atoms with Crippen LogP contribution < -0.4 is 9.47 Å². The zero-order valence-electron chi connectivity index (χ0n) is 19.5. The number of rotatable bonds is 8. The molecule has 2 aliphatic rings. The van der Waals surface area contributed by atoms with Gasteiger partial charge in [0.1, 0.15) is 11.5 Å². The van der Waals surface area contributed by atoms with E-state index in [-0.39, 0.29) is 12.6 Å². The van der Waals surface area contributed by atoms with Crippen LogP contribution in [-0.2, 0) is 9.47 Å². The van der Waals surface area contributed by atoms with Gasteiger partial charge in [0.05, 0.1) is 13.2 Å². The molecular weight excluding hydrogens is 400 g/mol. The van der Waals surface area contributed by atoms with Crippen LogP contribution in [0.1, 0.15) is 76.3 Å². The first kappa shape index (κ1) is 22.9. The lowest BCUT2D eigenvalue weighted by atomic mass is 9.91. The normalized spacial score (nSPS) is 22.2. The van der Waals surface area contributed by atoms with Gasteiger partial charge in [0.25, 0.3) is 0 Å². The minimum Gasteiger partial charge on any atom is -0.465 e. The Balaban J connectivity index is 1.48. The quantitative estimate of drug-likeness (QED) is 0.409. The van der Waals surface area contributed by atoms with E-state index in [9.17, 15) is 0 Å². The van der Waals surface area contributed by atoms with Gasteiger partial charge in [-0.25, -0.2) is 0 Å². The summed E-state index contributed by atoms with van der Waals surface area (Å²) in [6, 6.07) is 17.0. The molecule has 4 heteroatoms. The number of ether oxygens (including phenoxy) is 4. The van der Waals surface area contributed by atoms with E-state index in [1.165, 1.54) is 35.1 Å². The topological polar surface area (TPSA) is 36.9 Å². The van der Waals surface area contributed by atoms with E-state index >= 15 is 0 Å². The minimum atomic E-state index is -0.110. The maximum atomic E-state index is 6.01. The molecule has 32 heavy (non-hydrogen) atoms. The van der Waals surface area contributed by atoms with Gasteiger partial charge < -0.3 is 18.9 Å². The second-order valence-electron chi connectivity index (χ2n) is 8.54. The first-order valence-electron chi connectivity index (χ1n) is 12.3. The van der Waals surface area contributed by atoms with Gasteiger partial charge in [-0.2, -0.15) is 0 Å². The predicted octanol–water partition coefficient (Wildman–Crippen LogP) is 7.23. The summed E-state index contributed by atoms with van der Waals surface area (Å²) in [7, 11) is 0. The number of allylic oxidation sites excluding steroid dienone is 2. The van der Waals surface area contributed by atoms with Crippen LogP contribution in [0.2, 0.25) is 0 Å². The first-order chi connectivity index (χ1) is 15.8. The molecule has 0 saturated carbocycles. The van der Waals surface area contributed by atoms with Crippen molar-refractivity contribution in [3.8, 4) is 11.5 Å². The fraction of sp³-hybridized carbons (Fsp3) is 0.500. The number of hydrogen-bond donors (Lipinski definition) is 0. The van der Waals surface area contributed by atoms with Crippen LogP contribution in [0.5, 0.6) is 11.5 Å². The van der Waals surface area contributed by atoms with Gasteiger partial charge in [0.15, 0.2) is 12.6 Å². The molecule has 2 saturated heterocycles. The molecule has 2 fully saturated rings. The van der Waals surface area contributed by atoms with Crippen LogP contribution in [0.4, 0.5) is 0 Å². The Morgan fingerprint density at radius 2 is 1.06 bits per heavy atom. The summed E-state index contributed by atoms with van der Waals surface area (Å²) in [6.07, 6.45) is 8.26. The van der Waals surface area contributed by atoms with E-state index in [1.807, 2.05) is 0 Å². The summed E-state index contributed by atoms with van der Waals surface area (Å²) >= 11 is 0. The van der Waals surface area contributed by atoms with Gasteiger partial charge in [0, 0.05) is 12.8 Å². The van der Waals surface area contributed by atoms with Crippen LogP contribution >= 0.6 is 0 Å². The second-order valence-corrected chi connectivity index (χ2v) is 8.54. The zero-order chi connectivity index (χ0) is 22.2. The van der Waals surface area contributed by atoms with Crippen LogP contribution in [0.25, 0.3) is 11.1 Å². The van der Waals surface area contributed by atoms with Crippen LogP contribution in [0.15, 0.2) is 48.5 Å². The summed E-state index contributed by atoms with van der Waals surface area (Å²) in [6.45, 7) is 6.04. The van der Waals surface area contributed by atoms with Crippen molar-refractivity contribution < 1.29 is 18.9 Å². The molecule has 0 radical (unpaired) electrons. The zero-order valence-corrected chi connectivity index (χ0v) is 19.5. The fourth-order valence-electron chi connectivity index (χ4n) is 4.56. The largest absolute Gasteiger partial charge is 0.465 e. The van der Waals surface area contributed by atoms with Crippen molar-refractivity contribution in [2.75, 3.05) is 13.2 Å². The van der Waals surface area contributed by atoms with Crippen molar-refractivity contribution in [2.45, 2.75) is 77.8 Å². The molecule has 0 N–H and O–H groups in total. The highest BCUT2D eigenvalue weighted by atomic mass is 16.7. The van der Waals surface area contributed by atoms with Gasteiger partial charge in [-0.1, -0.05) is 38.1 Å². The molecule has 2 unspecified atom stereocenters. The number of benzene rings is 2. The van der Waals surface area contributed by atoms with E-state index in [2.05, 4.69) is 62.4 Å². The Labute approximate surface area is 192 Å². The molecule has 2 aliphatic heterocycles. The molecule has 0 spiro atoms.